The topological polar surface area (TPSA) is 65.5 Å². The van der Waals surface area contributed by atoms with Crippen molar-refractivity contribution in [2.75, 3.05) is 34.9 Å². The van der Waals surface area contributed by atoms with Gasteiger partial charge < -0.3 is 19.5 Å². The molecule has 6 nitrogen and oxygen atoms in total. The Balaban J connectivity index is 2.41. The Bertz CT molecular complexity index is 601. The minimum atomic E-state index is 0.560. The Labute approximate surface area is 128 Å². The van der Waals surface area contributed by atoms with E-state index >= 15 is 0 Å². The van der Waals surface area contributed by atoms with Crippen LogP contribution in [0.1, 0.15) is 5.01 Å². The predicted molar refractivity (Wildman–Crippen MR) is 82.6 cm³/mol. The molecule has 0 radical (unpaired) electrons. The second-order valence-electron chi connectivity index (χ2n) is 4.24. The average Bonchev–Trinajstić information content (AvgIpc) is 2.99. The number of rotatable bonds is 7. The first-order valence-corrected chi connectivity index (χ1v) is 7.33. The van der Waals surface area contributed by atoms with Gasteiger partial charge in [0.1, 0.15) is 5.01 Å². The summed E-state index contributed by atoms with van der Waals surface area (Å²) in [6.45, 7) is 0.873. The lowest BCUT2D eigenvalue weighted by atomic mass is 10.2. The van der Waals surface area contributed by atoms with E-state index < -0.39 is 0 Å². The number of aromatic nitrogens is 2. The molecule has 1 aromatic carbocycles. The quantitative estimate of drug-likeness (QED) is 0.844. The molecule has 0 saturated carbocycles. The average molecular weight is 309 g/mol. The van der Waals surface area contributed by atoms with E-state index in [1.54, 1.807) is 32.7 Å². The van der Waals surface area contributed by atoms with Crippen LogP contribution in [0.3, 0.4) is 0 Å². The molecule has 0 bridgehead atoms. The smallest absolute Gasteiger partial charge is 0.204 e. The summed E-state index contributed by atoms with van der Waals surface area (Å²) in [5, 5.41) is 13.3. The van der Waals surface area contributed by atoms with E-state index in [9.17, 15) is 0 Å². The van der Waals surface area contributed by atoms with Crippen LogP contribution >= 0.6 is 11.3 Å². The van der Waals surface area contributed by atoms with Crippen molar-refractivity contribution in [1.29, 1.82) is 0 Å². The van der Waals surface area contributed by atoms with Crippen molar-refractivity contribution >= 4 is 11.3 Å². The summed E-state index contributed by atoms with van der Waals surface area (Å²) < 4.78 is 16.1. The molecule has 0 amide bonds. The van der Waals surface area contributed by atoms with E-state index in [4.69, 9.17) is 14.2 Å². The third kappa shape index (κ3) is 3.25. The van der Waals surface area contributed by atoms with Crippen LogP contribution in [0.25, 0.3) is 10.6 Å². The van der Waals surface area contributed by atoms with Gasteiger partial charge in [-0.25, -0.2) is 0 Å². The molecule has 0 saturated heterocycles. The Morgan fingerprint density at radius 2 is 1.81 bits per heavy atom. The standard InChI is InChI=1S/C14H19N3O3S/c1-15-8-7-11-16-17-14(21-11)9-5-6-10(18-2)13(20-4)12(9)19-3/h5-6,15H,7-8H2,1-4H3. The van der Waals surface area contributed by atoms with Gasteiger partial charge in [0.2, 0.25) is 5.75 Å². The lowest BCUT2D eigenvalue weighted by Gasteiger charge is -2.14. The van der Waals surface area contributed by atoms with E-state index in [-0.39, 0.29) is 0 Å². The molecule has 2 aromatic rings. The third-order valence-corrected chi connectivity index (χ3v) is 4.01. The Morgan fingerprint density at radius 3 is 2.43 bits per heavy atom. The molecule has 0 atom stereocenters. The van der Waals surface area contributed by atoms with E-state index in [0.29, 0.717) is 17.2 Å². The van der Waals surface area contributed by atoms with Crippen molar-refractivity contribution in [2.24, 2.45) is 0 Å². The van der Waals surface area contributed by atoms with E-state index in [0.717, 1.165) is 28.5 Å². The normalized spacial score (nSPS) is 10.5. The SMILES string of the molecule is CNCCc1nnc(-c2ccc(OC)c(OC)c2OC)s1. The van der Waals surface area contributed by atoms with Gasteiger partial charge in [0.15, 0.2) is 16.5 Å². The van der Waals surface area contributed by atoms with Gasteiger partial charge in [-0.05, 0) is 19.2 Å². The molecule has 0 fully saturated rings. The molecule has 0 spiro atoms. The molecule has 0 aliphatic heterocycles. The monoisotopic (exact) mass is 309 g/mol. The highest BCUT2D eigenvalue weighted by molar-refractivity contribution is 7.14. The van der Waals surface area contributed by atoms with Gasteiger partial charge in [0, 0.05) is 13.0 Å². The van der Waals surface area contributed by atoms with E-state index in [1.807, 2.05) is 19.2 Å². The van der Waals surface area contributed by atoms with Crippen molar-refractivity contribution in [3.8, 4) is 27.8 Å². The summed E-state index contributed by atoms with van der Waals surface area (Å²) in [5.74, 6) is 1.79. The summed E-state index contributed by atoms with van der Waals surface area (Å²) in [4.78, 5) is 0. The second kappa shape index (κ2) is 7.24. The summed E-state index contributed by atoms with van der Waals surface area (Å²) >= 11 is 1.55. The zero-order valence-corrected chi connectivity index (χ0v) is 13.4. The maximum absolute atomic E-state index is 5.48. The number of methoxy groups -OCH3 is 3. The van der Waals surface area contributed by atoms with Crippen molar-refractivity contribution in [3.05, 3.63) is 17.1 Å². The first-order chi connectivity index (χ1) is 10.2. The molecule has 2 rings (SSSR count). The number of hydrogen-bond donors (Lipinski definition) is 1. The number of hydrogen-bond acceptors (Lipinski definition) is 7. The third-order valence-electron chi connectivity index (χ3n) is 2.99. The van der Waals surface area contributed by atoms with Crippen LogP contribution in [0, 0.1) is 0 Å². The van der Waals surface area contributed by atoms with Crippen molar-refractivity contribution in [2.45, 2.75) is 6.42 Å². The predicted octanol–water partition coefficient (Wildman–Crippen LogP) is 1.99. The molecule has 21 heavy (non-hydrogen) atoms. The second-order valence-corrected chi connectivity index (χ2v) is 5.30. The fourth-order valence-corrected chi connectivity index (χ4v) is 2.83. The van der Waals surface area contributed by atoms with Crippen LogP contribution in [0.15, 0.2) is 12.1 Å². The highest BCUT2D eigenvalue weighted by atomic mass is 32.1. The van der Waals surface area contributed by atoms with Gasteiger partial charge in [-0.3, -0.25) is 0 Å². The summed E-state index contributed by atoms with van der Waals surface area (Å²) in [7, 11) is 6.70. The highest BCUT2D eigenvalue weighted by Crippen LogP contribution is 2.44. The molecule has 1 heterocycles. The van der Waals surface area contributed by atoms with Crippen LogP contribution in [-0.4, -0.2) is 45.1 Å². The largest absolute Gasteiger partial charge is 0.493 e. The molecular weight excluding hydrogens is 290 g/mol. The maximum Gasteiger partial charge on any atom is 0.204 e. The fraction of sp³-hybridized carbons (Fsp3) is 0.429. The van der Waals surface area contributed by atoms with Gasteiger partial charge in [-0.2, -0.15) is 0 Å². The summed E-state index contributed by atoms with van der Waals surface area (Å²) in [5.41, 5.74) is 0.850. The van der Waals surface area contributed by atoms with Crippen molar-refractivity contribution in [3.63, 3.8) is 0 Å². The molecule has 1 aromatic heterocycles. The van der Waals surface area contributed by atoms with Gasteiger partial charge in [0.25, 0.3) is 0 Å². The molecule has 0 aliphatic carbocycles. The van der Waals surface area contributed by atoms with Gasteiger partial charge in [-0.1, -0.05) is 11.3 Å². The number of nitrogens with zero attached hydrogens (tertiary/aromatic N) is 2. The van der Waals surface area contributed by atoms with Crippen LogP contribution in [0.2, 0.25) is 0 Å². The molecule has 1 N–H and O–H groups in total. The Kier molecular flexibility index (Phi) is 5.35. The van der Waals surface area contributed by atoms with E-state index in [2.05, 4.69) is 15.5 Å². The number of nitrogens with one attached hydrogen (secondary N) is 1. The molecule has 0 unspecified atom stereocenters. The van der Waals surface area contributed by atoms with Gasteiger partial charge >= 0.3 is 0 Å². The number of likely N-dealkylation sites (N-methyl/N-ethyl adjacent to an activating group) is 1. The van der Waals surface area contributed by atoms with Crippen LogP contribution in [0.4, 0.5) is 0 Å². The Morgan fingerprint density at radius 1 is 1.05 bits per heavy atom. The zero-order chi connectivity index (χ0) is 15.2. The first kappa shape index (κ1) is 15.5. The van der Waals surface area contributed by atoms with Crippen LogP contribution in [0.5, 0.6) is 17.2 Å². The van der Waals surface area contributed by atoms with Crippen molar-refractivity contribution < 1.29 is 14.2 Å². The first-order valence-electron chi connectivity index (χ1n) is 6.51. The molecule has 0 aliphatic rings. The van der Waals surface area contributed by atoms with Crippen LogP contribution < -0.4 is 19.5 Å². The molecule has 114 valence electrons. The lowest BCUT2D eigenvalue weighted by molar-refractivity contribution is 0.325. The number of benzene rings is 1. The van der Waals surface area contributed by atoms with E-state index in [1.165, 1.54) is 0 Å². The lowest BCUT2D eigenvalue weighted by Crippen LogP contribution is -2.09. The maximum atomic E-state index is 5.48. The Hall–Kier alpha value is -1.86. The summed E-state index contributed by atoms with van der Waals surface area (Å²) in [6.07, 6.45) is 0.851. The zero-order valence-electron chi connectivity index (χ0n) is 12.6. The molecule has 7 heteroatoms. The summed E-state index contributed by atoms with van der Waals surface area (Å²) in [6, 6.07) is 3.74. The minimum Gasteiger partial charge on any atom is -0.493 e. The fourth-order valence-electron chi connectivity index (χ4n) is 1.97. The van der Waals surface area contributed by atoms with Gasteiger partial charge in [-0.15, -0.1) is 10.2 Å². The van der Waals surface area contributed by atoms with Crippen molar-refractivity contribution in [1.82, 2.24) is 15.5 Å². The van der Waals surface area contributed by atoms with Gasteiger partial charge in [0.05, 0.1) is 26.9 Å². The highest BCUT2D eigenvalue weighted by Gasteiger charge is 2.19. The number of ether oxygens (including phenoxy) is 3. The van der Waals surface area contributed by atoms with Crippen LogP contribution in [-0.2, 0) is 6.42 Å². The molecular formula is C14H19N3O3S. The minimum absolute atomic E-state index is 0.560.